The van der Waals surface area contributed by atoms with Crippen molar-refractivity contribution in [2.45, 2.75) is 12.3 Å². The molecule has 1 fully saturated rings. The molecule has 5 nitrogen and oxygen atoms in total. The van der Waals surface area contributed by atoms with Crippen molar-refractivity contribution in [3.63, 3.8) is 0 Å². The minimum absolute atomic E-state index is 0.211. The number of amides is 4. The van der Waals surface area contributed by atoms with E-state index >= 15 is 0 Å². The van der Waals surface area contributed by atoms with E-state index in [1.54, 1.807) is 30.3 Å². The maximum atomic E-state index is 12.4. The molecule has 1 aromatic carbocycles. The smallest absolute Gasteiger partial charge is 0.277 e. The van der Waals surface area contributed by atoms with Gasteiger partial charge in [0, 0.05) is 11.0 Å². The Morgan fingerprint density at radius 3 is 2.65 bits per heavy atom. The molecule has 0 radical (unpaired) electrons. The molecule has 1 atom stereocenters. The van der Waals surface area contributed by atoms with E-state index in [1.807, 2.05) is 0 Å². The van der Waals surface area contributed by atoms with Gasteiger partial charge in [0.2, 0.25) is 11.8 Å². The molecule has 1 aromatic rings. The van der Waals surface area contributed by atoms with Gasteiger partial charge in [0.25, 0.3) is 0 Å². The second-order valence-electron chi connectivity index (χ2n) is 4.32. The summed E-state index contributed by atoms with van der Waals surface area (Å²) in [6, 6.07) is 6.30. The summed E-state index contributed by atoms with van der Waals surface area (Å²) in [5.41, 5.74) is 0.547. The van der Waals surface area contributed by atoms with Gasteiger partial charge in [-0.1, -0.05) is 40.2 Å². The van der Waals surface area contributed by atoms with Crippen LogP contribution in [0.15, 0.2) is 41.4 Å². The van der Waals surface area contributed by atoms with Crippen molar-refractivity contribution < 1.29 is 14.4 Å². The summed E-state index contributed by atoms with van der Waals surface area (Å²) in [7, 11) is 0. The van der Waals surface area contributed by atoms with Crippen LogP contribution in [0.3, 0.4) is 0 Å². The Hall–Kier alpha value is -1.95. The summed E-state index contributed by atoms with van der Waals surface area (Å²) in [5.74, 6) is -2.11. The van der Waals surface area contributed by atoms with Crippen molar-refractivity contribution >= 4 is 33.8 Å². The summed E-state index contributed by atoms with van der Waals surface area (Å²) in [5, 5.41) is 2.22. The van der Waals surface area contributed by atoms with Gasteiger partial charge < -0.3 is 0 Å². The van der Waals surface area contributed by atoms with Crippen LogP contribution in [0.5, 0.6) is 0 Å². The van der Waals surface area contributed by atoms with Gasteiger partial charge in [-0.15, -0.1) is 6.58 Å². The molecule has 0 aliphatic carbocycles. The van der Waals surface area contributed by atoms with E-state index in [0.29, 0.717) is 16.5 Å². The molecule has 1 saturated heterocycles. The van der Waals surface area contributed by atoms with Gasteiger partial charge in [-0.2, -0.15) is 0 Å². The molecule has 1 N–H and O–H groups in total. The summed E-state index contributed by atoms with van der Waals surface area (Å²) in [4.78, 5) is 37.1. The molecule has 104 valence electrons. The molecule has 0 saturated carbocycles. The van der Waals surface area contributed by atoms with E-state index in [0.717, 1.165) is 4.90 Å². The first kappa shape index (κ1) is 14.5. The number of hydrogen-bond acceptors (Lipinski definition) is 3. The van der Waals surface area contributed by atoms with Gasteiger partial charge in [0.15, 0.2) is 0 Å². The molecule has 6 heteroatoms. The van der Waals surface area contributed by atoms with Crippen molar-refractivity contribution in [1.82, 2.24) is 10.2 Å². The van der Waals surface area contributed by atoms with Crippen LogP contribution in [0, 0.1) is 0 Å². The van der Waals surface area contributed by atoms with Crippen molar-refractivity contribution in [2.24, 2.45) is 0 Å². The fourth-order valence-corrected chi connectivity index (χ4v) is 2.54. The Kier molecular flexibility index (Phi) is 4.34. The molecule has 0 spiro atoms. The third-order valence-electron chi connectivity index (χ3n) is 3.02. The largest absolute Gasteiger partial charge is 0.330 e. The Morgan fingerprint density at radius 1 is 1.30 bits per heavy atom. The van der Waals surface area contributed by atoms with Crippen LogP contribution in [0.4, 0.5) is 4.79 Å². The van der Waals surface area contributed by atoms with Gasteiger partial charge in [-0.05, 0) is 18.1 Å². The summed E-state index contributed by atoms with van der Waals surface area (Å²) >= 11 is 3.32. The maximum Gasteiger partial charge on any atom is 0.330 e. The number of imide groups is 2. The fraction of sp³-hybridized carbons (Fsp3) is 0.214. The lowest BCUT2D eigenvalue weighted by atomic mass is 9.95. The molecule has 1 aliphatic heterocycles. The van der Waals surface area contributed by atoms with Gasteiger partial charge in [-0.25, -0.2) is 4.79 Å². The molecule has 0 aromatic heterocycles. The number of urea groups is 1. The standard InChI is InChI=1S/C14H13BrN2O3/c1-2-3-8-17-13(19)11(12(18)16-14(17)20)9-6-4-5-7-10(9)15/h2,4-7,11H,1,3,8H2,(H,16,18,20). The lowest BCUT2D eigenvalue weighted by Crippen LogP contribution is -2.57. The van der Waals surface area contributed by atoms with Crippen molar-refractivity contribution in [3.8, 4) is 0 Å². The lowest BCUT2D eigenvalue weighted by molar-refractivity contribution is -0.138. The lowest BCUT2D eigenvalue weighted by Gasteiger charge is -2.30. The summed E-state index contributed by atoms with van der Waals surface area (Å²) in [6.45, 7) is 3.77. The minimum atomic E-state index is -1.01. The number of barbiturate groups is 1. The van der Waals surface area contributed by atoms with E-state index in [2.05, 4.69) is 27.8 Å². The van der Waals surface area contributed by atoms with Crippen molar-refractivity contribution in [3.05, 3.63) is 47.0 Å². The van der Waals surface area contributed by atoms with E-state index in [4.69, 9.17) is 0 Å². The number of nitrogens with one attached hydrogen (secondary N) is 1. The number of hydrogen-bond donors (Lipinski definition) is 1. The predicted molar refractivity (Wildman–Crippen MR) is 76.9 cm³/mol. The monoisotopic (exact) mass is 336 g/mol. The summed E-state index contributed by atoms with van der Waals surface area (Å²) < 4.78 is 0.659. The second-order valence-corrected chi connectivity index (χ2v) is 5.17. The zero-order valence-corrected chi connectivity index (χ0v) is 12.2. The first-order valence-corrected chi connectivity index (χ1v) is 6.87. The van der Waals surface area contributed by atoms with Crippen LogP contribution in [0.1, 0.15) is 17.9 Å². The molecular weight excluding hydrogens is 324 g/mol. The number of carbonyl (C=O) groups is 3. The Bertz CT molecular complexity index is 586. The van der Waals surface area contributed by atoms with Gasteiger partial charge in [0.1, 0.15) is 5.92 Å². The molecule has 0 bridgehead atoms. The molecular formula is C14H13BrN2O3. The quantitative estimate of drug-likeness (QED) is 0.677. The molecule has 1 unspecified atom stereocenters. The van der Waals surface area contributed by atoms with Crippen LogP contribution >= 0.6 is 15.9 Å². The average molecular weight is 337 g/mol. The molecule has 2 rings (SSSR count). The molecule has 1 aliphatic rings. The van der Waals surface area contributed by atoms with Crippen LogP contribution in [0.2, 0.25) is 0 Å². The Balaban J connectivity index is 2.35. The highest BCUT2D eigenvalue weighted by Crippen LogP contribution is 2.28. The maximum absolute atomic E-state index is 12.4. The van der Waals surface area contributed by atoms with Crippen LogP contribution in [0.25, 0.3) is 0 Å². The van der Waals surface area contributed by atoms with Crippen LogP contribution in [-0.4, -0.2) is 29.3 Å². The first-order chi connectivity index (χ1) is 9.56. The molecule has 20 heavy (non-hydrogen) atoms. The van der Waals surface area contributed by atoms with Gasteiger partial charge in [-0.3, -0.25) is 19.8 Å². The van der Waals surface area contributed by atoms with Crippen LogP contribution in [-0.2, 0) is 9.59 Å². The predicted octanol–water partition coefficient (Wildman–Crippen LogP) is 2.19. The van der Waals surface area contributed by atoms with Gasteiger partial charge in [0.05, 0.1) is 0 Å². The number of carbonyl (C=O) groups excluding carboxylic acids is 3. The van der Waals surface area contributed by atoms with E-state index in [-0.39, 0.29) is 6.54 Å². The highest BCUT2D eigenvalue weighted by atomic mass is 79.9. The van der Waals surface area contributed by atoms with Crippen LogP contribution < -0.4 is 5.32 Å². The molecule has 4 amide bonds. The summed E-state index contributed by atoms with van der Waals surface area (Å²) in [6.07, 6.45) is 2.10. The first-order valence-electron chi connectivity index (χ1n) is 6.07. The van der Waals surface area contributed by atoms with E-state index in [9.17, 15) is 14.4 Å². The second kappa shape index (κ2) is 6.00. The Labute approximate surface area is 124 Å². The normalized spacial score (nSPS) is 18.9. The zero-order valence-electron chi connectivity index (χ0n) is 10.6. The number of nitrogens with zero attached hydrogens (tertiary/aromatic N) is 1. The third-order valence-corrected chi connectivity index (χ3v) is 3.75. The van der Waals surface area contributed by atoms with Crippen molar-refractivity contribution in [2.75, 3.05) is 6.54 Å². The Morgan fingerprint density at radius 2 is 2.00 bits per heavy atom. The highest BCUT2D eigenvalue weighted by molar-refractivity contribution is 9.10. The average Bonchev–Trinajstić information content (AvgIpc) is 2.40. The number of benzene rings is 1. The third kappa shape index (κ3) is 2.65. The van der Waals surface area contributed by atoms with Crippen molar-refractivity contribution in [1.29, 1.82) is 0 Å². The minimum Gasteiger partial charge on any atom is -0.277 e. The van der Waals surface area contributed by atoms with E-state index < -0.39 is 23.8 Å². The zero-order chi connectivity index (χ0) is 14.7. The highest BCUT2D eigenvalue weighted by Gasteiger charge is 2.41. The SMILES string of the molecule is C=CCCN1C(=O)NC(=O)C(c2ccccc2Br)C1=O. The van der Waals surface area contributed by atoms with Gasteiger partial charge >= 0.3 is 6.03 Å². The molecule has 1 heterocycles. The number of rotatable bonds is 4. The fourth-order valence-electron chi connectivity index (χ4n) is 2.03. The topological polar surface area (TPSA) is 66.5 Å². The number of halogens is 1. The van der Waals surface area contributed by atoms with E-state index in [1.165, 1.54) is 0 Å².